The monoisotopic (exact) mass is 690 g/mol. The number of benzene rings is 3. The lowest BCUT2D eigenvalue weighted by Gasteiger charge is -2.47. The SMILES string of the molecule is COc1ccc(NC(=O)C2(N(Cc3ccc(C(F)(F)F)cc3)C(=O)CC3C(c4c(C)[nH]c5ccccc45)C3(C)C)CCN(C)CC2)c(OC)c1. The number of amides is 2. The number of aryl methyl sites for hydroxylation is 1. The minimum Gasteiger partial charge on any atom is -0.497 e. The Morgan fingerprint density at radius 2 is 1.68 bits per heavy atom. The Morgan fingerprint density at radius 3 is 2.32 bits per heavy atom. The summed E-state index contributed by atoms with van der Waals surface area (Å²) in [5.41, 5.74) is 2.03. The van der Waals surface area contributed by atoms with Crippen LogP contribution in [0.1, 0.15) is 61.4 Å². The third-order valence-electron chi connectivity index (χ3n) is 11.0. The van der Waals surface area contributed by atoms with Crippen molar-refractivity contribution in [2.75, 3.05) is 39.7 Å². The number of alkyl halides is 3. The number of fused-ring (bicyclic) bond motifs is 1. The maximum Gasteiger partial charge on any atom is 0.416 e. The number of methoxy groups -OCH3 is 2. The molecular formula is C39H45F3N4O4. The number of nitrogens with one attached hydrogen (secondary N) is 2. The third kappa shape index (κ3) is 6.55. The number of rotatable bonds is 10. The number of hydrogen-bond donors (Lipinski definition) is 2. The predicted octanol–water partition coefficient (Wildman–Crippen LogP) is 7.77. The number of aromatic amines is 1. The largest absolute Gasteiger partial charge is 0.497 e. The summed E-state index contributed by atoms with van der Waals surface area (Å²) in [7, 11) is 5.01. The fourth-order valence-electron chi connectivity index (χ4n) is 7.90. The fraction of sp³-hybridized carbons (Fsp3) is 0.436. The van der Waals surface area contributed by atoms with Crippen molar-refractivity contribution in [3.63, 3.8) is 0 Å². The van der Waals surface area contributed by atoms with Gasteiger partial charge in [-0.1, -0.05) is 44.2 Å². The average molecular weight is 691 g/mol. The Kier molecular flexibility index (Phi) is 9.41. The molecule has 0 radical (unpaired) electrons. The lowest BCUT2D eigenvalue weighted by Crippen LogP contribution is -2.62. The number of ether oxygens (including phenoxy) is 2. The molecule has 1 aromatic heterocycles. The van der Waals surface area contributed by atoms with Crippen molar-refractivity contribution >= 4 is 28.4 Å². The standard InChI is InChI=1S/C39H45F3N4O4/c1-24-34(28-9-7-8-10-30(28)43-24)35-29(37(35,2)3)22-33(47)46(23-25-11-13-26(14-12-25)39(40,41)42)38(17-19-45(4)20-18-38)36(48)44-31-16-15-27(49-5)21-32(31)50-6/h7-16,21,29,35,43H,17-20,22-23H2,1-6H3,(H,44,48). The van der Waals surface area contributed by atoms with Crippen LogP contribution >= 0.6 is 0 Å². The second-order valence-electron chi connectivity index (χ2n) is 14.3. The molecule has 3 aromatic carbocycles. The number of likely N-dealkylation sites (tertiary alicyclic amines) is 1. The molecule has 1 aliphatic carbocycles. The molecule has 6 rings (SSSR count). The fourth-order valence-corrected chi connectivity index (χ4v) is 7.90. The number of para-hydroxylation sites is 1. The van der Waals surface area contributed by atoms with Crippen molar-refractivity contribution in [1.29, 1.82) is 0 Å². The van der Waals surface area contributed by atoms with Crippen LogP contribution in [0.3, 0.4) is 0 Å². The number of H-pyrrole nitrogens is 1. The van der Waals surface area contributed by atoms with Gasteiger partial charge in [0.05, 0.1) is 25.5 Å². The summed E-state index contributed by atoms with van der Waals surface area (Å²) >= 11 is 0. The van der Waals surface area contributed by atoms with Gasteiger partial charge in [0, 0.05) is 48.7 Å². The highest BCUT2D eigenvalue weighted by Crippen LogP contribution is 2.67. The normalized spacial score (nSPS) is 19.9. The highest BCUT2D eigenvalue weighted by Gasteiger charge is 2.61. The first kappa shape index (κ1) is 35.3. The topological polar surface area (TPSA) is 86.9 Å². The van der Waals surface area contributed by atoms with Gasteiger partial charge >= 0.3 is 6.18 Å². The summed E-state index contributed by atoms with van der Waals surface area (Å²) in [5, 5.41) is 4.19. The van der Waals surface area contributed by atoms with E-state index in [0.29, 0.717) is 48.7 Å². The van der Waals surface area contributed by atoms with Gasteiger partial charge in [0.1, 0.15) is 17.0 Å². The van der Waals surface area contributed by atoms with Gasteiger partial charge in [-0.25, -0.2) is 0 Å². The third-order valence-corrected chi connectivity index (χ3v) is 11.0. The second kappa shape index (κ2) is 13.3. The van der Waals surface area contributed by atoms with Crippen LogP contribution < -0.4 is 14.8 Å². The van der Waals surface area contributed by atoms with Crippen LogP contribution in [0.5, 0.6) is 11.5 Å². The van der Waals surface area contributed by atoms with E-state index in [-0.39, 0.29) is 42.0 Å². The highest BCUT2D eigenvalue weighted by atomic mass is 19.4. The molecule has 2 heterocycles. The van der Waals surface area contributed by atoms with E-state index in [1.54, 1.807) is 23.1 Å². The molecule has 1 saturated carbocycles. The minimum atomic E-state index is -4.49. The maximum absolute atomic E-state index is 14.8. The van der Waals surface area contributed by atoms with Gasteiger partial charge in [-0.3, -0.25) is 9.59 Å². The van der Waals surface area contributed by atoms with E-state index in [2.05, 4.69) is 42.0 Å². The van der Waals surface area contributed by atoms with Crippen LogP contribution in [0.2, 0.25) is 0 Å². The number of nitrogens with zero attached hydrogens (tertiary/aromatic N) is 2. The zero-order valence-electron chi connectivity index (χ0n) is 29.4. The van der Waals surface area contributed by atoms with Crippen molar-refractivity contribution in [2.45, 2.75) is 64.2 Å². The Morgan fingerprint density at radius 1 is 1.00 bits per heavy atom. The van der Waals surface area contributed by atoms with Gasteiger partial charge in [0.2, 0.25) is 5.91 Å². The lowest BCUT2D eigenvalue weighted by atomic mass is 9.83. The molecule has 2 aliphatic rings. The second-order valence-corrected chi connectivity index (χ2v) is 14.3. The van der Waals surface area contributed by atoms with Gasteiger partial charge in [-0.05, 0) is 85.5 Å². The van der Waals surface area contributed by atoms with E-state index in [4.69, 9.17) is 9.47 Å². The molecule has 2 unspecified atom stereocenters. The number of piperidine rings is 1. The molecule has 266 valence electrons. The molecule has 1 aliphatic heterocycles. The molecule has 2 atom stereocenters. The van der Waals surface area contributed by atoms with Crippen LogP contribution in [0, 0.1) is 18.3 Å². The molecule has 2 N–H and O–H groups in total. The predicted molar refractivity (Wildman–Crippen MR) is 187 cm³/mol. The van der Waals surface area contributed by atoms with E-state index < -0.39 is 17.3 Å². The average Bonchev–Trinajstić information content (AvgIpc) is 3.43. The maximum atomic E-state index is 14.8. The zero-order chi connectivity index (χ0) is 36.0. The van der Waals surface area contributed by atoms with Gasteiger partial charge in [0.25, 0.3) is 5.91 Å². The van der Waals surface area contributed by atoms with Crippen molar-refractivity contribution in [2.24, 2.45) is 11.3 Å². The molecular weight excluding hydrogens is 645 g/mol. The van der Waals surface area contributed by atoms with Crippen LogP contribution in [0.15, 0.2) is 66.7 Å². The molecule has 8 nitrogen and oxygen atoms in total. The summed E-state index contributed by atoms with van der Waals surface area (Å²) in [6, 6.07) is 18.1. The van der Waals surface area contributed by atoms with Crippen molar-refractivity contribution < 1.29 is 32.2 Å². The number of carbonyl (C=O) groups is 2. The minimum absolute atomic E-state index is 0.00364. The van der Waals surface area contributed by atoms with Gasteiger partial charge in [-0.2, -0.15) is 13.2 Å². The first-order chi connectivity index (χ1) is 23.7. The van der Waals surface area contributed by atoms with Crippen LogP contribution in [-0.2, 0) is 22.3 Å². The zero-order valence-corrected chi connectivity index (χ0v) is 29.4. The summed E-state index contributed by atoms with van der Waals surface area (Å²) < 4.78 is 51.3. The smallest absolute Gasteiger partial charge is 0.416 e. The van der Waals surface area contributed by atoms with Crippen molar-refractivity contribution in [1.82, 2.24) is 14.8 Å². The molecule has 0 spiro atoms. The first-order valence-electron chi connectivity index (χ1n) is 17.0. The Balaban J connectivity index is 1.37. The van der Waals surface area contributed by atoms with E-state index in [0.717, 1.165) is 28.7 Å². The lowest BCUT2D eigenvalue weighted by molar-refractivity contribution is -0.150. The number of carbonyl (C=O) groups excluding carboxylic acids is 2. The van der Waals surface area contributed by atoms with Crippen molar-refractivity contribution in [3.8, 4) is 11.5 Å². The molecule has 11 heteroatoms. The Hall–Kier alpha value is -4.51. The summed E-state index contributed by atoms with van der Waals surface area (Å²) in [6.45, 7) is 7.49. The number of hydrogen-bond acceptors (Lipinski definition) is 5. The van der Waals surface area contributed by atoms with Gasteiger partial charge < -0.3 is 29.6 Å². The molecule has 50 heavy (non-hydrogen) atoms. The van der Waals surface area contributed by atoms with E-state index in [9.17, 15) is 22.8 Å². The van der Waals surface area contributed by atoms with Crippen LogP contribution in [0.4, 0.5) is 18.9 Å². The Bertz CT molecular complexity index is 1880. The van der Waals surface area contributed by atoms with Gasteiger partial charge in [-0.15, -0.1) is 0 Å². The summed E-state index contributed by atoms with van der Waals surface area (Å²) in [5.74, 6) is 0.494. The van der Waals surface area contributed by atoms with Crippen molar-refractivity contribution in [3.05, 3.63) is 89.1 Å². The number of aromatic nitrogens is 1. The molecule has 2 amide bonds. The van der Waals surface area contributed by atoms with E-state index in [1.165, 1.54) is 31.9 Å². The molecule has 0 bridgehead atoms. The highest BCUT2D eigenvalue weighted by molar-refractivity contribution is 6.01. The molecule has 2 fully saturated rings. The van der Waals surface area contributed by atoms with Crippen LogP contribution in [-0.4, -0.2) is 66.5 Å². The molecule has 1 saturated heterocycles. The van der Waals surface area contributed by atoms with E-state index >= 15 is 0 Å². The van der Waals surface area contributed by atoms with Gasteiger partial charge in [0.15, 0.2) is 0 Å². The summed E-state index contributed by atoms with van der Waals surface area (Å²) in [4.78, 5) is 36.7. The molecule has 4 aromatic rings. The Labute approximate surface area is 290 Å². The van der Waals surface area contributed by atoms with E-state index in [1.807, 2.05) is 25.2 Å². The van der Waals surface area contributed by atoms with Crippen LogP contribution in [0.25, 0.3) is 10.9 Å². The summed E-state index contributed by atoms with van der Waals surface area (Å²) in [6.07, 6.45) is -3.61. The quantitative estimate of drug-likeness (QED) is 0.178. The number of halogens is 3. The first-order valence-corrected chi connectivity index (χ1v) is 17.0. The number of anilines is 1.